The standard InChI is InChI=1S/C17H21N3O3/c1-2-10-23-16-6-4-3-5-15(16)18-17(21)20-8-7-19-9-11-22-13-14(19)12-20/h1,3-6,14H,7-13H2,(H,18,21). The highest BCUT2D eigenvalue weighted by Crippen LogP contribution is 2.24. The molecule has 122 valence electrons. The van der Waals surface area contributed by atoms with Gasteiger partial charge in [0, 0.05) is 26.2 Å². The van der Waals surface area contributed by atoms with E-state index in [4.69, 9.17) is 15.9 Å². The number of urea groups is 1. The number of benzene rings is 1. The number of nitrogens with zero attached hydrogens (tertiary/aromatic N) is 2. The minimum Gasteiger partial charge on any atom is -0.479 e. The molecule has 2 amide bonds. The van der Waals surface area contributed by atoms with Gasteiger partial charge in [0.15, 0.2) is 0 Å². The largest absolute Gasteiger partial charge is 0.479 e. The molecule has 1 atom stereocenters. The molecule has 6 heteroatoms. The Labute approximate surface area is 136 Å². The maximum Gasteiger partial charge on any atom is 0.322 e. The number of ether oxygens (including phenoxy) is 2. The van der Waals surface area contributed by atoms with Crippen LogP contribution in [-0.4, -0.2) is 67.9 Å². The molecule has 0 spiro atoms. The van der Waals surface area contributed by atoms with Gasteiger partial charge in [-0.1, -0.05) is 18.1 Å². The van der Waals surface area contributed by atoms with Gasteiger partial charge < -0.3 is 19.7 Å². The van der Waals surface area contributed by atoms with Gasteiger partial charge in [0.25, 0.3) is 0 Å². The van der Waals surface area contributed by atoms with Crippen molar-refractivity contribution in [1.82, 2.24) is 9.80 Å². The Morgan fingerprint density at radius 1 is 1.39 bits per heavy atom. The third kappa shape index (κ3) is 3.76. The van der Waals surface area contributed by atoms with Crippen LogP contribution < -0.4 is 10.1 Å². The van der Waals surface area contributed by atoms with Gasteiger partial charge in [-0.2, -0.15) is 0 Å². The van der Waals surface area contributed by atoms with Gasteiger partial charge >= 0.3 is 6.03 Å². The lowest BCUT2D eigenvalue weighted by molar-refractivity contribution is -0.0355. The van der Waals surface area contributed by atoms with Gasteiger partial charge in [0.2, 0.25) is 0 Å². The highest BCUT2D eigenvalue weighted by atomic mass is 16.5. The zero-order chi connectivity index (χ0) is 16.1. The Bertz CT molecular complexity index is 599. The zero-order valence-corrected chi connectivity index (χ0v) is 13.0. The van der Waals surface area contributed by atoms with Crippen LogP contribution in [0.15, 0.2) is 24.3 Å². The Morgan fingerprint density at radius 3 is 3.13 bits per heavy atom. The highest BCUT2D eigenvalue weighted by Gasteiger charge is 2.31. The predicted octanol–water partition coefficient (Wildman–Crippen LogP) is 1.25. The van der Waals surface area contributed by atoms with E-state index >= 15 is 0 Å². The molecule has 1 unspecified atom stereocenters. The van der Waals surface area contributed by atoms with Crippen molar-refractivity contribution in [2.24, 2.45) is 0 Å². The Balaban J connectivity index is 1.62. The number of hydrogen-bond donors (Lipinski definition) is 1. The number of nitrogens with one attached hydrogen (secondary N) is 1. The lowest BCUT2D eigenvalue weighted by Crippen LogP contribution is -2.59. The van der Waals surface area contributed by atoms with E-state index in [9.17, 15) is 4.79 Å². The van der Waals surface area contributed by atoms with E-state index < -0.39 is 0 Å². The number of para-hydroxylation sites is 2. The molecule has 1 aromatic rings. The van der Waals surface area contributed by atoms with Crippen LogP contribution in [0.3, 0.4) is 0 Å². The van der Waals surface area contributed by atoms with E-state index in [1.165, 1.54) is 0 Å². The summed E-state index contributed by atoms with van der Waals surface area (Å²) in [4.78, 5) is 16.7. The number of hydrogen-bond acceptors (Lipinski definition) is 4. The van der Waals surface area contributed by atoms with Crippen LogP contribution in [-0.2, 0) is 4.74 Å². The fourth-order valence-electron chi connectivity index (χ4n) is 2.94. The van der Waals surface area contributed by atoms with Gasteiger partial charge in [-0.15, -0.1) is 6.42 Å². The Kier molecular flexibility index (Phi) is 5.01. The lowest BCUT2D eigenvalue weighted by atomic mass is 10.1. The van der Waals surface area contributed by atoms with Gasteiger partial charge in [-0.3, -0.25) is 4.90 Å². The molecular formula is C17H21N3O3. The molecule has 0 bridgehead atoms. The fourth-order valence-corrected chi connectivity index (χ4v) is 2.94. The molecular weight excluding hydrogens is 294 g/mol. The van der Waals surface area contributed by atoms with Crippen molar-refractivity contribution in [1.29, 1.82) is 0 Å². The quantitative estimate of drug-likeness (QED) is 0.853. The number of anilines is 1. The molecule has 2 fully saturated rings. The van der Waals surface area contributed by atoms with Crippen molar-refractivity contribution in [3.63, 3.8) is 0 Å². The average Bonchev–Trinajstić information content (AvgIpc) is 2.60. The molecule has 3 rings (SSSR count). The van der Waals surface area contributed by atoms with Crippen molar-refractivity contribution in [3.8, 4) is 18.1 Å². The van der Waals surface area contributed by atoms with Gasteiger partial charge in [-0.25, -0.2) is 4.79 Å². The number of morpholine rings is 1. The van der Waals surface area contributed by atoms with E-state index in [-0.39, 0.29) is 18.7 Å². The van der Waals surface area contributed by atoms with E-state index in [2.05, 4.69) is 16.1 Å². The summed E-state index contributed by atoms with van der Waals surface area (Å²) in [6.45, 7) is 4.87. The summed E-state index contributed by atoms with van der Waals surface area (Å²) in [6, 6.07) is 7.47. The Hall–Kier alpha value is -2.23. The van der Waals surface area contributed by atoms with E-state index in [1.807, 2.05) is 23.1 Å². The molecule has 1 aromatic carbocycles. The lowest BCUT2D eigenvalue weighted by Gasteiger charge is -2.43. The first-order valence-corrected chi connectivity index (χ1v) is 7.81. The third-order valence-electron chi connectivity index (χ3n) is 4.16. The van der Waals surface area contributed by atoms with E-state index in [0.29, 0.717) is 24.6 Å². The summed E-state index contributed by atoms with van der Waals surface area (Å²) in [5.74, 6) is 3.01. The number of terminal acetylenes is 1. The topological polar surface area (TPSA) is 54.0 Å². The van der Waals surface area contributed by atoms with Gasteiger partial charge in [0.05, 0.1) is 24.9 Å². The van der Waals surface area contributed by atoms with Crippen LogP contribution in [0.1, 0.15) is 0 Å². The molecule has 0 radical (unpaired) electrons. The van der Waals surface area contributed by atoms with Crippen LogP contribution in [0, 0.1) is 12.3 Å². The number of piperazine rings is 1. The monoisotopic (exact) mass is 315 g/mol. The summed E-state index contributed by atoms with van der Waals surface area (Å²) in [7, 11) is 0. The summed E-state index contributed by atoms with van der Waals surface area (Å²) >= 11 is 0. The first-order valence-electron chi connectivity index (χ1n) is 7.81. The second kappa shape index (κ2) is 7.36. The average molecular weight is 315 g/mol. The summed E-state index contributed by atoms with van der Waals surface area (Å²) in [5, 5.41) is 2.92. The number of rotatable bonds is 3. The minimum absolute atomic E-state index is 0.119. The van der Waals surface area contributed by atoms with Crippen molar-refractivity contribution < 1.29 is 14.3 Å². The molecule has 0 aromatic heterocycles. The molecule has 6 nitrogen and oxygen atoms in total. The van der Waals surface area contributed by atoms with Crippen LogP contribution in [0.4, 0.5) is 10.5 Å². The predicted molar refractivity (Wildman–Crippen MR) is 87.5 cm³/mol. The molecule has 23 heavy (non-hydrogen) atoms. The summed E-state index contributed by atoms with van der Waals surface area (Å²) in [6.07, 6.45) is 5.22. The summed E-state index contributed by atoms with van der Waals surface area (Å²) in [5.41, 5.74) is 0.634. The molecule has 2 aliphatic heterocycles. The van der Waals surface area contributed by atoms with Crippen molar-refractivity contribution in [3.05, 3.63) is 24.3 Å². The smallest absolute Gasteiger partial charge is 0.322 e. The second-order valence-electron chi connectivity index (χ2n) is 5.63. The molecule has 2 heterocycles. The number of carbonyl (C=O) groups excluding carboxylic acids is 1. The van der Waals surface area contributed by atoms with Gasteiger partial charge in [-0.05, 0) is 12.1 Å². The molecule has 2 saturated heterocycles. The van der Waals surface area contributed by atoms with Crippen molar-refractivity contribution in [2.75, 3.05) is 51.3 Å². The molecule has 0 aliphatic carbocycles. The first kappa shape index (κ1) is 15.7. The van der Waals surface area contributed by atoms with Crippen molar-refractivity contribution >= 4 is 11.7 Å². The number of amides is 2. The van der Waals surface area contributed by atoms with E-state index in [0.717, 1.165) is 26.2 Å². The maximum absolute atomic E-state index is 12.5. The Morgan fingerprint density at radius 2 is 2.26 bits per heavy atom. The number of carbonyl (C=O) groups is 1. The van der Waals surface area contributed by atoms with Crippen molar-refractivity contribution in [2.45, 2.75) is 6.04 Å². The zero-order valence-electron chi connectivity index (χ0n) is 13.0. The summed E-state index contributed by atoms with van der Waals surface area (Å²) < 4.78 is 11.0. The van der Waals surface area contributed by atoms with Crippen LogP contribution in [0.5, 0.6) is 5.75 Å². The first-order chi connectivity index (χ1) is 11.3. The molecule has 1 N–H and O–H groups in total. The molecule has 2 aliphatic rings. The van der Waals surface area contributed by atoms with Crippen LogP contribution >= 0.6 is 0 Å². The normalized spacial score (nSPS) is 21.2. The second-order valence-corrected chi connectivity index (χ2v) is 5.63. The van der Waals surface area contributed by atoms with Gasteiger partial charge in [0.1, 0.15) is 12.4 Å². The van der Waals surface area contributed by atoms with E-state index in [1.54, 1.807) is 6.07 Å². The fraction of sp³-hybridized carbons (Fsp3) is 0.471. The molecule has 0 saturated carbocycles. The van der Waals surface area contributed by atoms with Crippen LogP contribution in [0.25, 0.3) is 0 Å². The van der Waals surface area contributed by atoms with Crippen LogP contribution in [0.2, 0.25) is 0 Å². The number of fused-ring (bicyclic) bond motifs is 1. The SMILES string of the molecule is C#CCOc1ccccc1NC(=O)N1CCN2CCOCC2C1. The third-order valence-corrected chi connectivity index (χ3v) is 4.16. The maximum atomic E-state index is 12.5. The minimum atomic E-state index is -0.119. The highest BCUT2D eigenvalue weighted by molar-refractivity contribution is 5.91.